The van der Waals surface area contributed by atoms with Crippen LogP contribution in [0.1, 0.15) is 0 Å². The number of para-hydroxylation sites is 1. The van der Waals surface area contributed by atoms with E-state index in [2.05, 4.69) is 0 Å². The molecule has 0 amide bonds. The zero-order valence-corrected chi connectivity index (χ0v) is 10.3. The fourth-order valence-corrected chi connectivity index (χ4v) is 1.81. The number of phenolic OH excluding ortho intramolecular Hbond substituents is 1. The second-order valence-electron chi connectivity index (χ2n) is 3.88. The minimum atomic E-state index is 0. The fraction of sp³-hybridized carbons (Fsp3) is 0. The smallest absolute Gasteiger partial charge is 0.360 e. The van der Waals surface area contributed by atoms with E-state index in [4.69, 9.17) is 4.42 Å². The van der Waals surface area contributed by atoms with E-state index in [1.807, 2.05) is 48.5 Å². The number of aromatic hydroxyl groups is 1. The third-order valence-corrected chi connectivity index (χ3v) is 2.71. The first-order chi connectivity index (χ1) is 8.33. The van der Waals surface area contributed by atoms with Crippen molar-refractivity contribution in [1.29, 1.82) is 0 Å². The Balaban J connectivity index is 0.00000120. The van der Waals surface area contributed by atoms with Gasteiger partial charge in [0.05, 0.1) is 10.9 Å². The summed E-state index contributed by atoms with van der Waals surface area (Å²) in [4.78, 5) is 0. The largest absolute Gasteiger partial charge is 1.00 e. The maximum atomic E-state index is 9.24. The normalized spacial score (nSPS) is 10.0. The van der Waals surface area contributed by atoms with Crippen molar-refractivity contribution in [3.8, 4) is 17.1 Å². The van der Waals surface area contributed by atoms with Crippen molar-refractivity contribution in [2.45, 2.75) is 0 Å². The highest BCUT2D eigenvalue weighted by Crippen LogP contribution is 2.25. The maximum Gasteiger partial charge on any atom is 0.360 e. The molecule has 2 aromatic carbocycles. The monoisotopic (exact) mass is 258 g/mol. The highest BCUT2D eigenvalue weighted by molar-refractivity contribution is 5.78. The van der Waals surface area contributed by atoms with Crippen molar-refractivity contribution < 1.29 is 21.9 Å². The van der Waals surface area contributed by atoms with Gasteiger partial charge in [-0.2, -0.15) is 0 Å². The lowest BCUT2D eigenvalue weighted by Gasteiger charge is -1.94. The van der Waals surface area contributed by atoms with Gasteiger partial charge >= 0.3 is 11.3 Å². The number of fused-ring (bicyclic) bond motifs is 1. The van der Waals surface area contributed by atoms with Crippen LogP contribution in [0.3, 0.4) is 0 Å². The van der Waals surface area contributed by atoms with Crippen LogP contribution in [0.15, 0.2) is 65.1 Å². The van der Waals surface area contributed by atoms with Crippen molar-refractivity contribution in [1.82, 2.24) is 0 Å². The molecule has 1 heterocycles. The predicted molar refractivity (Wildman–Crippen MR) is 67.7 cm³/mol. The molecule has 0 aliphatic rings. The summed E-state index contributed by atoms with van der Waals surface area (Å²) in [6, 6.07) is 18.8. The van der Waals surface area contributed by atoms with Gasteiger partial charge in [0.25, 0.3) is 0 Å². The number of benzene rings is 2. The van der Waals surface area contributed by atoms with Crippen molar-refractivity contribution in [3.63, 3.8) is 0 Å². The van der Waals surface area contributed by atoms with E-state index < -0.39 is 0 Å². The minimum absolute atomic E-state index is 0. The molecule has 3 aromatic rings. The van der Waals surface area contributed by atoms with Crippen molar-refractivity contribution in [2.75, 3.05) is 0 Å². The van der Waals surface area contributed by atoms with E-state index in [1.54, 1.807) is 12.1 Å². The van der Waals surface area contributed by atoms with E-state index in [9.17, 15) is 5.11 Å². The van der Waals surface area contributed by atoms with Crippen molar-refractivity contribution in [3.05, 3.63) is 60.7 Å². The SMILES string of the molecule is Oc1ccc(-c2ccc3ccccc3[o+]2)cc1.[Cl-]. The van der Waals surface area contributed by atoms with E-state index in [-0.39, 0.29) is 18.2 Å². The van der Waals surface area contributed by atoms with E-state index >= 15 is 0 Å². The molecular formula is C15H11ClO2. The Morgan fingerprint density at radius 2 is 1.50 bits per heavy atom. The van der Waals surface area contributed by atoms with Gasteiger partial charge < -0.3 is 17.5 Å². The first kappa shape index (κ1) is 12.4. The second kappa shape index (κ2) is 5.07. The molecule has 0 saturated heterocycles. The van der Waals surface area contributed by atoms with Gasteiger partial charge in [-0.05, 0) is 36.4 Å². The lowest BCUT2D eigenvalue weighted by Crippen LogP contribution is -3.00. The molecule has 0 saturated carbocycles. The first-order valence-corrected chi connectivity index (χ1v) is 5.44. The number of hydrogen-bond acceptors (Lipinski definition) is 1. The molecule has 0 atom stereocenters. The molecule has 0 aliphatic carbocycles. The Kier molecular flexibility index (Phi) is 3.49. The van der Waals surface area contributed by atoms with E-state index in [0.717, 1.165) is 22.3 Å². The van der Waals surface area contributed by atoms with Crippen LogP contribution in [0.2, 0.25) is 0 Å². The van der Waals surface area contributed by atoms with Crippen molar-refractivity contribution >= 4 is 11.0 Å². The molecule has 3 heteroatoms. The molecule has 3 rings (SSSR count). The predicted octanol–water partition coefficient (Wildman–Crippen LogP) is 1.09. The molecular weight excluding hydrogens is 248 g/mol. The standard InChI is InChI=1S/C15H10O2.ClH/c16-13-8-5-12(6-9-13)15-10-7-11-3-1-2-4-14(11)17-15;/h1-10H;1H. The quantitative estimate of drug-likeness (QED) is 0.663. The molecule has 0 aliphatic heterocycles. The molecule has 0 fully saturated rings. The summed E-state index contributed by atoms with van der Waals surface area (Å²) >= 11 is 0. The van der Waals surface area contributed by atoms with Crippen LogP contribution in [0.4, 0.5) is 0 Å². The van der Waals surface area contributed by atoms with E-state index in [0.29, 0.717) is 0 Å². The topological polar surface area (TPSA) is 31.5 Å². The molecule has 1 aromatic heterocycles. The summed E-state index contributed by atoms with van der Waals surface area (Å²) in [6.07, 6.45) is 0. The van der Waals surface area contributed by atoms with Gasteiger partial charge in [0.15, 0.2) is 0 Å². The zero-order chi connectivity index (χ0) is 11.7. The Morgan fingerprint density at radius 1 is 0.778 bits per heavy atom. The Bertz CT molecular complexity index is 663. The highest BCUT2D eigenvalue weighted by atomic mass is 35.5. The third-order valence-electron chi connectivity index (χ3n) is 2.71. The number of halogens is 1. The lowest BCUT2D eigenvalue weighted by atomic mass is 10.1. The van der Waals surface area contributed by atoms with Crippen LogP contribution < -0.4 is 12.4 Å². The summed E-state index contributed by atoms with van der Waals surface area (Å²) in [6.45, 7) is 0. The van der Waals surface area contributed by atoms with Gasteiger partial charge in [0, 0.05) is 12.1 Å². The van der Waals surface area contributed by atoms with Crippen LogP contribution in [0, 0.1) is 0 Å². The van der Waals surface area contributed by atoms with Crippen LogP contribution in [0.25, 0.3) is 22.3 Å². The third kappa shape index (κ3) is 2.29. The van der Waals surface area contributed by atoms with Gasteiger partial charge in [0.1, 0.15) is 5.75 Å². The molecule has 90 valence electrons. The average Bonchev–Trinajstić information content (AvgIpc) is 2.39. The zero-order valence-electron chi connectivity index (χ0n) is 9.51. The van der Waals surface area contributed by atoms with Crippen LogP contribution >= 0.6 is 0 Å². The molecule has 1 N–H and O–H groups in total. The molecule has 18 heavy (non-hydrogen) atoms. The Labute approximate surface area is 111 Å². The van der Waals surface area contributed by atoms with E-state index in [1.165, 1.54) is 0 Å². The number of phenols is 1. The summed E-state index contributed by atoms with van der Waals surface area (Å²) < 4.78 is 5.81. The van der Waals surface area contributed by atoms with Crippen LogP contribution in [-0.2, 0) is 0 Å². The van der Waals surface area contributed by atoms with Gasteiger partial charge in [-0.15, -0.1) is 0 Å². The average molecular weight is 259 g/mol. The minimum Gasteiger partial charge on any atom is -1.00 e. The molecule has 0 radical (unpaired) electrons. The summed E-state index contributed by atoms with van der Waals surface area (Å²) in [5, 5.41) is 10.3. The van der Waals surface area contributed by atoms with Crippen LogP contribution in [-0.4, -0.2) is 5.11 Å². The Hall–Kier alpha value is -2.06. The van der Waals surface area contributed by atoms with Gasteiger partial charge in [-0.1, -0.05) is 12.1 Å². The first-order valence-electron chi connectivity index (χ1n) is 5.44. The van der Waals surface area contributed by atoms with Crippen LogP contribution in [0.5, 0.6) is 5.75 Å². The fourth-order valence-electron chi connectivity index (χ4n) is 1.81. The maximum absolute atomic E-state index is 9.24. The molecule has 0 bridgehead atoms. The lowest BCUT2D eigenvalue weighted by molar-refractivity contribution is -0.00000483. The second-order valence-corrected chi connectivity index (χ2v) is 3.88. The number of hydrogen-bond donors (Lipinski definition) is 1. The summed E-state index contributed by atoms with van der Waals surface area (Å²) in [5.74, 6) is 1.05. The molecule has 0 spiro atoms. The van der Waals surface area contributed by atoms with Gasteiger partial charge in [-0.25, -0.2) is 4.42 Å². The summed E-state index contributed by atoms with van der Waals surface area (Å²) in [7, 11) is 0. The molecule has 0 unspecified atom stereocenters. The van der Waals surface area contributed by atoms with Gasteiger partial charge in [-0.3, -0.25) is 0 Å². The number of rotatable bonds is 1. The van der Waals surface area contributed by atoms with Crippen molar-refractivity contribution in [2.24, 2.45) is 0 Å². The summed E-state index contributed by atoms with van der Waals surface area (Å²) in [5.41, 5.74) is 1.81. The highest BCUT2D eigenvalue weighted by Gasteiger charge is 2.13. The molecule has 2 nitrogen and oxygen atoms in total. The Morgan fingerprint density at radius 3 is 2.28 bits per heavy atom. The van der Waals surface area contributed by atoms with Gasteiger partial charge in [0.2, 0.25) is 0 Å².